The van der Waals surface area contributed by atoms with E-state index in [9.17, 15) is 9.90 Å². The van der Waals surface area contributed by atoms with Crippen LogP contribution in [0.25, 0.3) is 0 Å². The standard InChI is InChI=1S/C22H28O4/c1-17(21(23)15-22(24)25-2)7-6-10-18-11-13-20(14-12-18)26-16-19-8-4-3-5-9-19/h3-5,8-9,11-14,17,21,23H,6-7,10,15-16H2,1-2H3. The van der Waals surface area contributed by atoms with E-state index in [1.807, 2.05) is 49.4 Å². The van der Waals surface area contributed by atoms with Crippen LogP contribution in [0.3, 0.4) is 0 Å². The Morgan fingerprint density at radius 1 is 1.04 bits per heavy atom. The molecule has 0 aliphatic heterocycles. The summed E-state index contributed by atoms with van der Waals surface area (Å²) < 4.78 is 10.4. The number of aliphatic hydroxyl groups is 1. The fourth-order valence-corrected chi connectivity index (χ4v) is 2.77. The maximum atomic E-state index is 11.2. The number of aryl methyl sites for hydroxylation is 1. The predicted molar refractivity (Wildman–Crippen MR) is 102 cm³/mol. The Hall–Kier alpha value is -2.33. The van der Waals surface area contributed by atoms with Crippen LogP contribution >= 0.6 is 0 Å². The van der Waals surface area contributed by atoms with Crippen molar-refractivity contribution in [3.8, 4) is 5.75 Å². The molecule has 0 fully saturated rings. The zero-order valence-corrected chi connectivity index (χ0v) is 15.6. The van der Waals surface area contributed by atoms with E-state index in [1.165, 1.54) is 12.7 Å². The third-order valence-electron chi connectivity index (χ3n) is 4.56. The van der Waals surface area contributed by atoms with Gasteiger partial charge in [0.15, 0.2) is 0 Å². The first-order valence-electron chi connectivity index (χ1n) is 9.09. The van der Waals surface area contributed by atoms with Gasteiger partial charge in [0.2, 0.25) is 0 Å². The third kappa shape index (κ3) is 6.89. The minimum atomic E-state index is -0.642. The molecule has 0 aliphatic carbocycles. The molecule has 4 heteroatoms. The van der Waals surface area contributed by atoms with Crippen LogP contribution in [0.4, 0.5) is 0 Å². The third-order valence-corrected chi connectivity index (χ3v) is 4.56. The lowest BCUT2D eigenvalue weighted by atomic mass is 9.94. The van der Waals surface area contributed by atoms with Gasteiger partial charge in [-0.3, -0.25) is 4.79 Å². The van der Waals surface area contributed by atoms with E-state index in [2.05, 4.69) is 16.9 Å². The van der Waals surface area contributed by atoms with Crippen molar-refractivity contribution < 1.29 is 19.4 Å². The zero-order valence-electron chi connectivity index (χ0n) is 15.6. The molecule has 0 radical (unpaired) electrons. The van der Waals surface area contributed by atoms with Crippen LogP contribution in [0, 0.1) is 5.92 Å². The summed E-state index contributed by atoms with van der Waals surface area (Å²) in [5, 5.41) is 9.99. The van der Waals surface area contributed by atoms with Crippen molar-refractivity contribution in [1.82, 2.24) is 0 Å². The lowest BCUT2D eigenvalue weighted by molar-refractivity contribution is -0.143. The highest BCUT2D eigenvalue weighted by molar-refractivity contribution is 5.69. The Bertz CT molecular complexity index is 652. The summed E-state index contributed by atoms with van der Waals surface area (Å²) in [6.07, 6.45) is 2.18. The van der Waals surface area contributed by atoms with Crippen molar-refractivity contribution in [3.63, 3.8) is 0 Å². The largest absolute Gasteiger partial charge is 0.489 e. The molecular formula is C22H28O4. The Morgan fingerprint density at radius 3 is 2.38 bits per heavy atom. The van der Waals surface area contributed by atoms with Crippen LogP contribution < -0.4 is 4.74 Å². The summed E-state index contributed by atoms with van der Waals surface area (Å²) in [6, 6.07) is 18.2. The van der Waals surface area contributed by atoms with E-state index in [0.717, 1.165) is 30.6 Å². The molecule has 0 amide bonds. The highest BCUT2D eigenvalue weighted by Crippen LogP contribution is 2.19. The highest BCUT2D eigenvalue weighted by Gasteiger charge is 2.18. The predicted octanol–water partition coefficient (Wildman–Crippen LogP) is 4.15. The number of benzene rings is 2. The second-order valence-corrected chi connectivity index (χ2v) is 6.64. The van der Waals surface area contributed by atoms with Gasteiger partial charge in [0.05, 0.1) is 19.6 Å². The van der Waals surface area contributed by atoms with Crippen LogP contribution in [0.1, 0.15) is 37.3 Å². The van der Waals surface area contributed by atoms with E-state index in [-0.39, 0.29) is 18.3 Å². The van der Waals surface area contributed by atoms with Crippen LogP contribution in [0.2, 0.25) is 0 Å². The Balaban J connectivity index is 1.71. The Morgan fingerprint density at radius 2 is 1.73 bits per heavy atom. The number of aliphatic hydroxyl groups excluding tert-OH is 1. The number of methoxy groups -OCH3 is 1. The fourth-order valence-electron chi connectivity index (χ4n) is 2.77. The number of ether oxygens (including phenoxy) is 2. The van der Waals surface area contributed by atoms with Crippen molar-refractivity contribution in [3.05, 3.63) is 65.7 Å². The van der Waals surface area contributed by atoms with Crippen LogP contribution in [-0.4, -0.2) is 24.3 Å². The molecular weight excluding hydrogens is 328 g/mol. The van der Waals surface area contributed by atoms with Crippen LogP contribution in [0.5, 0.6) is 5.75 Å². The van der Waals surface area contributed by atoms with Gasteiger partial charge in [-0.25, -0.2) is 0 Å². The molecule has 0 bridgehead atoms. The Kier molecular flexibility index (Phi) is 8.16. The van der Waals surface area contributed by atoms with Gasteiger partial charge in [-0.2, -0.15) is 0 Å². The maximum absolute atomic E-state index is 11.2. The highest BCUT2D eigenvalue weighted by atomic mass is 16.5. The molecule has 0 aromatic heterocycles. The summed E-state index contributed by atoms with van der Waals surface area (Å²) in [5.74, 6) is 0.567. The second-order valence-electron chi connectivity index (χ2n) is 6.64. The van der Waals surface area contributed by atoms with Crippen molar-refractivity contribution in [2.75, 3.05) is 7.11 Å². The van der Waals surface area contributed by atoms with Crippen LogP contribution in [0.15, 0.2) is 54.6 Å². The number of esters is 1. The first kappa shape index (κ1) is 20.0. The van der Waals surface area contributed by atoms with Gasteiger partial charge < -0.3 is 14.6 Å². The maximum Gasteiger partial charge on any atom is 0.308 e. The van der Waals surface area contributed by atoms with Crippen molar-refractivity contribution in [2.45, 2.75) is 45.3 Å². The van der Waals surface area contributed by atoms with Crippen LogP contribution in [-0.2, 0) is 22.6 Å². The lowest BCUT2D eigenvalue weighted by Gasteiger charge is -2.17. The minimum Gasteiger partial charge on any atom is -0.489 e. The first-order chi connectivity index (χ1) is 12.6. The van der Waals surface area contributed by atoms with Gasteiger partial charge in [0.25, 0.3) is 0 Å². The van der Waals surface area contributed by atoms with Gasteiger partial charge in [-0.15, -0.1) is 0 Å². The number of carbonyl (C=O) groups excluding carboxylic acids is 1. The molecule has 2 rings (SSSR count). The summed E-state index contributed by atoms with van der Waals surface area (Å²) in [7, 11) is 1.34. The van der Waals surface area contributed by atoms with E-state index in [0.29, 0.717) is 6.61 Å². The SMILES string of the molecule is COC(=O)CC(O)C(C)CCCc1ccc(OCc2ccccc2)cc1. The molecule has 0 saturated carbocycles. The first-order valence-corrected chi connectivity index (χ1v) is 9.09. The van der Waals surface area contributed by atoms with Crippen molar-refractivity contribution >= 4 is 5.97 Å². The molecule has 140 valence electrons. The van der Waals surface area contributed by atoms with Gasteiger partial charge in [-0.1, -0.05) is 49.4 Å². The molecule has 2 aromatic rings. The van der Waals surface area contributed by atoms with Gasteiger partial charge in [0, 0.05) is 0 Å². The molecule has 0 spiro atoms. The smallest absolute Gasteiger partial charge is 0.308 e. The van der Waals surface area contributed by atoms with Gasteiger partial charge in [-0.05, 0) is 48.4 Å². The molecule has 26 heavy (non-hydrogen) atoms. The summed E-state index contributed by atoms with van der Waals surface area (Å²) in [5.41, 5.74) is 2.39. The summed E-state index contributed by atoms with van der Waals surface area (Å²) in [4.78, 5) is 11.2. The average molecular weight is 356 g/mol. The molecule has 2 aromatic carbocycles. The van der Waals surface area contributed by atoms with E-state index >= 15 is 0 Å². The van der Waals surface area contributed by atoms with E-state index < -0.39 is 6.10 Å². The fraction of sp³-hybridized carbons (Fsp3) is 0.409. The molecule has 2 atom stereocenters. The monoisotopic (exact) mass is 356 g/mol. The molecule has 1 N–H and O–H groups in total. The molecule has 0 saturated heterocycles. The summed E-state index contributed by atoms with van der Waals surface area (Å²) in [6.45, 7) is 2.53. The molecule has 4 nitrogen and oxygen atoms in total. The normalized spacial score (nSPS) is 13.0. The second kappa shape index (κ2) is 10.6. The quantitative estimate of drug-likeness (QED) is 0.650. The van der Waals surface area contributed by atoms with Crippen molar-refractivity contribution in [2.24, 2.45) is 5.92 Å². The number of hydrogen-bond acceptors (Lipinski definition) is 4. The number of carbonyl (C=O) groups is 1. The van der Waals surface area contributed by atoms with E-state index in [1.54, 1.807) is 0 Å². The molecule has 2 unspecified atom stereocenters. The van der Waals surface area contributed by atoms with E-state index in [4.69, 9.17) is 4.74 Å². The molecule has 0 aliphatic rings. The Labute approximate surface area is 155 Å². The van der Waals surface area contributed by atoms with Gasteiger partial charge in [0.1, 0.15) is 12.4 Å². The van der Waals surface area contributed by atoms with Crippen molar-refractivity contribution in [1.29, 1.82) is 0 Å². The number of hydrogen-bond donors (Lipinski definition) is 1. The topological polar surface area (TPSA) is 55.8 Å². The zero-order chi connectivity index (χ0) is 18.8. The average Bonchev–Trinajstić information content (AvgIpc) is 2.67. The van der Waals surface area contributed by atoms with Gasteiger partial charge >= 0.3 is 5.97 Å². The molecule has 0 heterocycles. The summed E-state index contributed by atoms with van der Waals surface area (Å²) >= 11 is 0. The minimum absolute atomic E-state index is 0.0606. The lowest BCUT2D eigenvalue weighted by Crippen LogP contribution is -2.22. The number of rotatable bonds is 10.